The highest BCUT2D eigenvalue weighted by Crippen LogP contribution is 2.33. The van der Waals surface area contributed by atoms with Gasteiger partial charge < -0.3 is 0 Å². The highest BCUT2D eigenvalue weighted by molar-refractivity contribution is 7.13. The van der Waals surface area contributed by atoms with Gasteiger partial charge in [-0.05, 0) is 47.5 Å². The van der Waals surface area contributed by atoms with E-state index in [2.05, 4.69) is 18.4 Å². The smallest absolute Gasteiger partial charge is 0.166 e. The van der Waals surface area contributed by atoms with Crippen molar-refractivity contribution in [1.82, 2.24) is 0 Å². The molecule has 0 aliphatic heterocycles. The molecule has 0 atom stereocenters. The van der Waals surface area contributed by atoms with E-state index in [-0.39, 0.29) is 0 Å². The van der Waals surface area contributed by atoms with Crippen LogP contribution in [-0.4, -0.2) is 0 Å². The Morgan fingerprint density at radius 1 is 1.00 bits per heavy atom. The monoisotopic (exact) mass is 312 g/mol. The fourth-order valence-electron chi connectivity index (χ4n) is 2.24. The molecule has 0 radical (unpaired) electrons. The molecule has 0 aliphatic carbocycles. The van der Waals surface area contributed by atoms with Crippen molar-refractivity contribution >= 4 is 11.3 Å². The molecule has 4 heteroatoms. The molecule has 0 unspecified atom stereocenters. The lowest BCUT2D eigenvalue weighted by molar-refractivity contribution is -0.137. The third kappa shape index (κ3) is 4.60. The van der Waals surface area contributed by atoms with Gasteiger partial charge in [0.15, 0.2) is 0 Å². The maximum atomic E-state index is 12.5. The first kappa shape index (κ1) is 16.1. The summed E-state index contributed by atoms with van der Waals surface area (Å²) in [7, 11) is 0. The van der Waals surface area contributed by atoms with Gasteiger partial charge >= 0.3 is 6.18 Å². The highest BCUT2D eigenvalue weighted by atomic mass is 32.1. The summed E-state index contributed by atoms with van der Waals surface area (Å²) < 4.78 is 37.6. The van der Waals surface area contributed by atoms with Gasteiger partial charge in [0.05, 0.1) is 5.56 Å². The van der Waals surface area contributed by atoms with E-state index < -0.39 is 11.7 Å². The van der Waals surface area contributed by atoms with Crippen LogP contribution in [0, 0.1) is 0 Å². The van der Waals surface area contributed by atoms with Gasteiger partial charge in [0.25, 0.3) is 0 Å². The average Bonchev–Trinajstić information content (AvgIpc) is 2.92. The number of alkyl halides is 3. The van der Waals surface area contributed by atoms with Crippen LogP contribution in [0.15, 0.2) is 35.7 Å². The van der Waals surface area contributed by atoms with Gasteiger partial charge in [-0.2, -0.15) is 13.2 Å². The van der Waals surface area contributed by atoms with Crippen molar-refractivity contribution in [1.29, 1.82) is 0 Å². The van der Waals surface area contributed by atoms with E-state index in [4.69, 9.17) is 0 Å². The molecule has 0 spiro atoms. The van der Waals surface area contributed by atoms with Crippen LogP contribution in [0.4, 0.5) is 13.2 Å². The van der Waals surface area contributed by atoms with E-state index in [1.165, 1.54) is 31.2 Å². The van der Waals surface area contributed by atoms with Crippen LogP contribution in [0.25, 0.3) is 10.4 Å². The first-order valence-corrected chi connectivity index (χ1v) is 8.13. The van der Waals surface area contributed by atoms with Crippen molar-refractivity contribution < 1.29 is 13.2 Å². The predicted molar refractivity (Wildman–Crippen MR) is 82.6 cm³/mol. The Kier molecular flexibility index (Phi) is 5.45. The Labute approximate surface area is 127 Å². The van der Waals surface area contributed by atoms with Gasteiger partial charge in [-0.15, -0.1) is 11.3 Å². The molecule has 21 heavy (non-hydrogen) atoms. The molecular weight excluding hydrogens is 293 g/mol. The van der Waals surface area contributed by atoms with Crippen molar-refractivity contribution in [2.24, 2.45) is 0 Å². The minimum Gasteiger partial charge on any atom is -0.166 e. The van der Waals surface area contributed by atoms with E-state index in [1.54, 1.807) is 23.5 Å². The third-order valence-corrected chi connectivity index (χ3v) is 4.50. The SMILES string of the molecule is CCCCCCc1csc(-c2ccc(C(F)(F)F)cc2)c1. The maximum absolute atomic E-state index is 12.5. The molecule has 0 fully saturated rings. The van der Waals surface area contributed by atoms with E-state index in [0.29, 0.717) is 0 Å². The number of hydrogen-bond donors (Lipinski definition) is 0. The normalized spacial score (nSPS) is 11.8. The van der Waals surface area contributed by atoms with Crippen LogP contribution in [-0.2, 0) is 12.6 Å². The maximum Gasteiger partial charge on any atom is 0.416 e. The van der Waals surface area contributed by atoms with Gasteiger partial charge in [-0.25, -0.2) is 0 Å². The quantitative estimate of drug-likeness (QED) is 0.530. The molecule has 0 saturated carbocycles. The van der Waals surface area contributed by atoms with E-state index in [9.17, 15) is 13.2 Å². The summed E-state index contributed by atoms with van der Waals surface area (Å²) in [5.41, 5.74) is 1.54. The molecule has 1 aromatic heterocycles. The van der Waals surface area contributed by atoms with Crippen LogP contribution in [0.2, 0.25) is 0 Å². The lowest BCUT2D eigenvalue weighted by Crippen LogP contribution is -2.03. The van der Waals surface area contributed by atoms with Gasteiger partial charge in [0.2, 0.25) is 0 Å². The number of benzene rings is 1. The number of unbranched alkanes of at least 4 members (excludes halogenated alkanes) is 3. The minimum atomic E-state index is -4.27. The molecule has 0 aliphatic rings. The summed E-state index contributed by atoms with van der Waals surface area (Å²) in [6, 6.07) is 7.50. The van der Waals surface area contributed by atoms with Crippen molar-refractivity contribution in [2.75, 3.05) is 0 Å². The molecule has 0 saturated heterocycles. The summed E-state index contributed by atoms with van der Waals surface area (Å²) >= 11 is 1.60. The predicted octanol–water partition coefficient (Wildman–Crippen LogP) is 6.56. The molecule has 0 N–H and O–H groups in total. The molecule has 0 bridgehead atoms. The van der Waals surface area contributed by atoms with Crippen LogP contribution in [0.1, 0.15) is 43.7 Å². The average molecular weight is 312 g/mol. The topological polar surface area (TPSA) is 0 Å². The molecule has 0 amide bonds. The Hall–Kier alpha value is -1.29. The summed E-state index contributed by atoms with van der Waals surface area (Å²) in [5.74, 6) is 0. The Balaban J connectivity index is 2.00. The molecule has 114 valence electrons. The first-order valence-electron chi connectivity index (χ1n) is 7.25. The second-order valence-corrected chi connectivity index (χ2v) is 6.12. The molecule has 1 aromatic carbocycles. The van der Waals surface area contributed by atoms with Crippen LogP contribution in [0.3, 0.4) is 0 Å². The first-order chi connectivity index (χ1) is 10.0. The lowest BCUT2D eigenvalue weighted by atomic mass is 10.1. The summed E-state index contributed by atoms with van der Waals surface area (Å²) in [6.07, 6.45) is 1.69. The van der Waals surface area contributed by atoms with E-state index in [1.807, 2.05) is 0 Å². The van der Waals surface area contributed by atoms with Gasteiger partial charge in [-0.3, -0.25) is 0 Å². The molecule has 0 nitrogen and oxygen atoms in total. The van der Waals surface area contributed by atoms with E-state index >= 15 is 0 Å². The molecule has 2 aromatic rings. The standard InChI is InChI=1S/C17H19F3S/c1-2-3-4-5-6-13-11-16(21-12-13)14-7-9-15(10-8-14)17(18,19)20/h7-12H,2-6H2,1H3. The van der Waals surface area contributed by atoms with Crippen molar-refractivity contribution in [3.8, 4) is 10.4 Å². The van der Waals surface area contributed by atoms with Crippen molar-refractivity contribution in [3.63, 3.8) is 0 Å². The Morgan fingerprint density at radius 2 is 1.71 bits per heavy atom. The molecule has 2 rings (SSSR count). The summed E-state index contributed by atoms with van der Waals surface area (Å²) in [6.45, 7) is 2.19. The fourth-order valence-corrected chi connectivity index (χ4v) is 3.19. The highest BCUT2D eigenvalue weighted by Gasteiger charge is 2.29. The number of thiophene rings is 1. The lowest BCUT2D eigenvalue weighted by Gasteiger charge is -2.06. The zero-order valence-corrected chi connectivity index (χ0v) is 12.9. The van der Waals surface area contributed by atoms with Gasteiger partial charge in [0.1, 0.15) is 0 Å². The number of halogens is 3. The number of rotatable bonds is 6. The van der Waals surface area contributed by atoms with Crippen molar-refractivity contribution in [2.45, 2.75) is 45.2 Å². The van der Waals surface area contributed by atoms with Crippen molar-refractivity contribution in [3.05, 3.63) is 46.8 Å². The molecule has 1 heterocycles. The fraction of sp³-hybridized carbons (Fsp3) is 0.412. The second-order valence-electron chi connectivity index (χ2n) is 5.20. The minimum absolute atomic E-state index is 0.595. The van der Waals surface area contributed by atoms with Crippen LogP contribution < -0.4 is 0 Å². The number of hydrogen-bond acceptors (Lipinski definition) is 1. The Bertz CT molecular complexity index is 552. The zero-order chi connectivity index (χ0) is 15.3. The summed E-state index contributed by atoms with van der Waals surface area (Å²) in [5, 5.41) is 2.11. The van der Waals surface area contributed by atoms with Crippen LogP contribution >= 0.6 is 11.3 Å². The van der Waals surface area contributed by atoms with Gasteiger partial charge in [-0.1, -0.05) is 38.3 Å². The van der Waals surface area contributed by atoms with Crippen LogP contribution in [0.5, 0.6) is 0 Å². The second kappa shape index (κ2) is 7.12. The largest absolute Gasteiger partial charge is 0.416 e. The third-order valence-electron chi connectivity index (χ3n) is 3.47. The Morgan fingerprint density at radius 3 is 2.33 bits per heavy atom. The van der Waals surface area contributed by atoms with Gasteiger partial charge in [0, 0.05) is 4.88 Å². The zero-order valence-electron chi connectivity index (χ0n) is 12.0. The van der Waals surface area contributed by atoms with E-state index in [0.717, 1.165) is 29.0 Å². The molecular formula is C17H19F3S. The number of aryl methyl sites for hydroxylation is 1. The summed E-state index contributed by atoms with van der Waals surface area (Å²) in [4.78, 5) is 1.04.